The molecule has 9 aromatic heterocycles. The molecule has 3 atom stereocenters. The molecule has 1 aliphatic rings. The number of nitrogens with one attached hydrogen (secondary N) is 3. The SMILES string of the molecule is CNCc1ccc(-c2nnc(-c3nc(-c4ccc(=O)n(C(C)C#N)c4)cnc3C)o2)c(C)c1.CNCc1ccc(-c2nnc(-c3nc(-c4ccc(=O)n(C(C)C5CC5)c4)cnc3C)o2)c(C)c1.CNCc1ccc(-c2nnc(-c3nc(-c4ccc(=O)n(C(C)COC)c4)cnc3C)o2)c(C)c1.[HH].[HH].[HH]. The average molecular weight is 1360 g/mol. The highest BCUT2D eigenvalue weighted by molar-refractivity contribution is 5.68. The second-order valence-corrected chi connectivity index (χ2v) is 25.0. The number of hydrogen-bond acceptors (Lipinski definition) is 23. The number of aromatic nitrogens is 15. The first kappa shape index (κ1) is 70.8. The molecule has 12 aromatic rings. The van der Waals surface area contributed by atoms with Crippen LogP contribution in [0.15, 0.2) is 156 Å². The monoisotopic (exact) mass is 1360 g/mol. The van der Waals surface area contributed by atoms with Gasteiger partial charge in [-0.25, -0.2) is 15.0 Å². The average Bonchev–Trinajstić information content (AvgIpc) is 1.73. The van der Waals surface area contributed by atoms with E-state index in [2.05, 4.69) is 97.7 Å². The molecule has 3 unspecified atom stereocenters. The largest absolute Gasteiger partial charge is 0.415 e. The van der Waals surface area contributed by atoms with E-state index in [9.17, 15) is 19.6 Å². The van der Waals surface area contributed by atoms with Crippen molar-refractivity contribution in [2.75, 3.05) is 34.9 Å². The predicted octanol–water partition coefficient (Wildman–Crippen LogP) is 12.1. The van der Waals surface area contributed by atoms with Gasteiger partial charge >= 0.3 is 0 Å². The van der Waals surface area contributed by atoms with E-state index in [4.69, 9.17) is 28.0 Å². The summed E-state index contributed by atoms with van der Waals surface area (Å²) in [6.07, 6.45) is 12.6. The second kappa shape index (κ2) is 31.6. The zero-order valence-corrected chi connectivity index (χ0v) is 58.7. The third kappa shape index (κ3) is 16.3. The molecule has 522 valence electrons. The van der Waals surface area contributed by atoms with Crippen LogP contribution in [0.1, 0.15) is 106 Å². The molecule has 26 nitrogen and oxygen atoms in total. The van der Waals surface area contributed by atoms with Crippen LogP contribution in [-0.4, -0.2) is 109 Å². The molecule has 0 spiro atoms. The van der Waals surface area contributed by atoms with Gasteiger partial charge in [0.05, 0.1) is 71.5 Å². The lowest BCUT2D eigenvalue weighted by Gasteiger charge is -2.15. The lowest BCUT2D eigenvalue weighted by atomic mass is 10.1. The molecule has 26 heteroatoms. The summed E-state index contributed by atoms with van der Waals surface area (Å²) in [5.41, 5.74) is 16.5. The van der Waals surface area contributed by atoms with Gasteiger partial charge in [-0.05, 0) is 172 Å². The Morgan fingerprint density at radius 1 is 0.495 bits per heavy atom. The summed E-state index contributed by atoms with van der Waals surface area (Å²) < 4.78 is 28.0. The Bertz CT molecular complexity index is 5210. The number of nitriles is 1. The third-order valence-corrected chi connectivity index (χ3v) is 17.4. The van der Waals surface area contributed by atoms with Crippen molar-refractivity contribution in [2.24, 2.45) is 5.92 Å². The Balaban J connectivity index is 0.000000195. The number of pyridine rings is 3. The minimum absolute atomic E-state index is 0. The Morgan fingerprint density at radius 3 is 1.17 bits per heavy atom. The maximum absolute atomic E-state index is 12.4. The van der Waals surface area contributed by atoms with Crippen molar-refractivity contribution in [1.82, 2.24) is 90.1 Å². The fourth-order valence-electron chi connectivity index (χ4n) is 11.6. The molecule has 9 heterocycles. The van der Waals surface area contributed by atoms with Crippen molar-refractivity contribution in [3.05, 3.63) is 210 Å². The third-order valence-electron chi connectivity index (χ3n) is 17.4. The highest BCUT2D eigenvalue weighted by Crippen LogP contribution is 2.39. The molecule has 3 aromatic carbocycles. The first-order valence-electron chi connectivity index (χ1n) is 33.1. The summed E-state index contributed by atoms with van der Waals surface area (Å²) in [6, 6.07) is 29.6. The van der Waals surface area contributed by atoms with Gasteiger partial charge in [-0.2, -0.15) is 5.26 Å². The number of methoxy groups -OCH3 is 1. The lowest BCUT2D eigenvalue weighted by molar-refractivity contribution is 0.161. The molecule has 0 bridgehead atoms. The van der Waals surface area contributed by atoms with Crippen LogP contribution in [0.5, 0.6) is 0 Å². The number of ether oxygens (including phenoxy) is 1. The predicted molar refractivity (Wildman–Crippen MR) is 389 cm³/mol. The van der Waals surface area contributed by atoms with E-state index in [0.717, 1.165) is 64.1 Å². The van der Waals surface area contributed by atoms with E-state index in [1.54, 1.807) is 78.4 Å². The van der Waals surface area contributed by atoms with Crippen LogP contribution in [-0.2, 0) is 24.4 Å². The zero-order valence-electron chi connectivity index (χ0n) is 58.7. The van der Waals surface area contributed by atoms with Gasteiger partial charge in [0.1, 0.15) is 23.1 Å². The summed E-state index contributed by atoms with van der Waals surface area (Å²) in [5.74, 6) is 2.72. The summed E-state index contributed by atoms with van der Waals surface area (Å²) in [7, 11) is 7.36. The highest BCUT2D eigenvalue weighted by atomic mass is 16.5. The van der Waals surface area contributed by atoms with Crippen LogP contribution in [0, 0.1) is 58.8 Å². The Kier molecular flexibility index (Phi) is 22.1. The van der Waals surface area contributed by atoms with Gasteiger partial charge in [0, 0.05) is 107 Å². The molecule has 1 saturated carbocycles. The van der Waals surface area contributed by atoms with E-state index < -0.39 is 6.04 Å². The van der Waals surface area contributed by atoms with Crippen LogP contribution in [0.4, 0.5) is 0 Å². The fourth-order valence-corrected chi connectivity index (χ4v) is 11.6. The Morgan fingerprint density at radius 2 is 0.832 bits per heavy atom. The van der Waals surface area contributed by atoms with Gasteiger partial charge in [0.2, 0.25) is 17.7 Å². The molecule has 0 aliphatic heterocycles. The van der Waals surface area contributed by atoms with Crippen LogP contribution < -0.4 is 32.6 Å². The Labute approximate surface area is 587 Å². The molecule has 1 aliphatic carbocycles. The molecule has 3 N–H and O–H groups in total. The molecule has 13 rings (SSSR count). The topological polar surface area (TPSA) is 329 Å². The fraction of sp³-hybridized carbons (Fsp3) is 0.307. The van der Waals surface area contributed by atoms with E-state index in [1.165, 1.54) is 46.2 Å². The van der Waals surface area contributed by atoms with Gasteiger partial charge in [-0.3, -0.25) is 33.9 Å². The van der Waals surface area contributed by atoms with Gasteiger partial charge in [0.15, 0.2) is 0 Å². The number of hydrogen-bond donors (Lipinski definition) is 3. The number of nitrogens with zero attached hydrogens (tertiary/aromatic N) is 16. The van der Waals surface area contributed by atoms with E-state index in [1.807, 2.05) is 112 Å². The van der Waals surface area contributed by atoms with Crippen molar-refractivity contribution >= 4 is 0 Å². The van der Waals surface area contributed by atoms with Crippen LogP contribution in [0.3, 0.4) is 0 Å². The van der Waals surface area contributed by atoms with Gasteiger partial charge in [0.25, 0.3) is 34.3 Å². The standard InChI is InChI=1S/C26H28N6O2.C25H28N6O3.C24H23N7O2.3H2/c1-15-11-18(12-27-4)5-9-21(15)25-30-31-26(34-25)24-16(2)28-13-22(29-24)20-8-10-23(33)32(14-20)17(3)19-6-7-19;1-15-10-18(11-26-4)6-8-20(15)24-29-30-25(34-24)23-17(3)27-12-21(28-23)19-7-9-22(32)31(13-19)16(2)14-33-5;1-14-9-17(11-26-4)5-7-19(14)23-29-30-24(33-23)22-16(3)27-12-20(28-22)18-6-8-21(32)31(13-18)15(2)10-25;;;/h5,8-11,13-14,17,19,27H,6-7,12H2,1-4H3;6-10,12-13,16,26H,11,14H2,1-5H3;5-9,12-13,15,26H,11H2,1-4H3;3*1H. The van der Waals surface area contributed by atoms with Crippen molar-refractivity contribution in [3.63, 3.8) is 0 Å². The molecule has 0 amide bonds. The van der Waals surface area contributed by atoms with Crippen molar-refractivity contribution in [1.29, 1.82) is 5.26 Å². The zero-order chi connectivity index (χ0) is 71.6. The molecule has 0 saturated heterocycles. The van der Waals surface area contributed by atoms with E-state index >= 15 is 0 Å². The van der Waals surface area contributed by atoms with Crippen molar-refractivity contribution in [2.45, 2.75) is 113 Å². The minimum atomic E-state index is -0.600. The van der Waals surface area contributed by atoms with Crippen LogP contribution in [0.25, 0.3) is 103 Å². The van der Waals surface area contributed by atoms with E-state index in [-0.39, 0.29) is 38.9 Å². The van der Waals surface area contributed by atoms with E-state index in [0.29, 0.717) is 98.8 Å². The lowest BCUT2D eigenvalue weighted by Crippen LogP contribution is -2.24. The van der Waals surface area contributed by atoms with Crippen LogP contribution >= 0.6 is 0 Å². The smallest absolute Gasteiger partial charge is 0.268 e. The number of rotatable bonds is 21. The maximum atomic E-state index is 12.4. The number of benzene rings is 3. The summed E-state index contributed by atoms with van der Waals surface area (Å²) in [6.45, 7) is 20.0. The van der Waals surface area contributed by atoms with Gasteiger partial charge in [-0.15, -0.1) is 30.6 Å². The first-order chi connectivity index (χ1) is 48.8. The first-order valence-corrected chi connectivity index (χ1v) is 33.1. The summed E-state index contributed by atoms with van der Waals surface area (Å²) in [4.78, 5) is 64.5. The minimum Gasteiger partial charge on any atom is -0.415 e. The molecular formula is C75H85N19O7. The Hall–Kier alpha value is -11.5. The second-order valence-electron chi connectivity index (χ2n) is 25.0. The summed E-state index contributed by atoms with van der Waals surface area (Å²) in [5, 5.41) is 44.1. The van der Waals surface area contributed by atoms with Crippen molar-refractivity contribution < 1.29 is 22.3 Å². The van der Waals surface area contributed by atoms with Gasteiger partial charge in [-0.1, -0.05) is 36.4 Å². The quantitative estimate of drug-likeness (QED) is 0.0601. The molecule has 0 radical (unpaired) electrons. The molecular weight excluding hydrogens is 1280 g/mol. The van der Waals surface area contributed by atoms with Crippen LogP contribution in [0.2, 0.25) is 0 Å². The summed E-state index contributed by atoms with van der Waals surface area (Å²) >= 11 is 0. The van der Waals surface area contributed by atoms with Gasteiger partial charge < -0.3 is 43.1 Å². The number of aryl methyl sites for hydroxylation is 6. The normalized spacial score (nSPS) is 12.8. The van der Waals surface area contributed by atoms with Crippen molar-refractivity contribution in [3.8, 4) is 109 Å². The molecule has 1 fully saturated rings. The highest BCUT2D eigenvalue weighted by Gasteiger charge is 2.30. The molecule has 101 heavy (non-hydrogen) atoms. The maximum Gasteiger partial charge on any atom is 0.268 e.